The molecule has 5 heteroatoms. The minimum absolute atomic E-state index is 0.160. The van der Waals surface area contributed by atoms with E-state index < -0.39 is 0 Å². The molecule has 1 aliphatic heterocycles. The minimum atomic E-state index is 0.160. The van der Waals surface area contributed by atoms with Gasteiger partial charge in [-0.25, -0.2) is 0 Å². The highest BCUT2D eigenvalue weighted by atomic mass is 16.2. The molecule has 1 atom stereocenters. The minimum Gasteiger partial charge on any atom is -0.357 e. The number of amides is 1. The molecule has 132 valence electrons. The Morgan fingerprint density at radius 3 is 2.38 bits per heavy atom. The molecule has 0 radical (unpaired) electrons. The average Bonchev–Trinajstić information content (AvgIpc) is 2.61. The number of carbonyl (C=O) groups excluding carboxylic acids is 1. The average molecular weight is 330 g/mol. The Labute approximate surface area is 145 Å². The zero-order chi connectivity index (χ0) is 17.4. The van der Waals surface area contributed by atoms with Gasteiger partial charge in [-0.1, -0.05) is 37.3 Å². The van der Waals surface area contributed by atoms with Crippen LogP contribution in [0.1, 0.15) is 38.7 Å². The van der Waals surface area contributed by atoms with Crippen molar-refractivity contribution in [1.82, 2.24) is 15.1 Å². The highest BCUT2D eigenvalue weighted by Crippen LogP contribution is 2.18. The summed E-state index contributed by atoms with van der Waals surface area (Å²) in [5.41, 5.74) is 1.37. The fourth-order valence-electron chi connectivity index (χ4n) is 2.97. The molecule has 1 heterocycles. The zero-order valence-electron chi connectivity index (χ0n) is 15.2. The maximum absolute atomic E-state index is 11.4. The molecule has 1 N–H and O–H groups in total. The van der Waals surface area contributed by atoms with Crippen molar-refractivity contribution in [3.8, 4) is 0 Å². The van der Waals surface area contributed by atoms with E-state index in [1.807, 2.05) is 4.90 Å². The van der Waals surface area contributed by atoms with E-state index in [1.165, 1.54) is 5.56 Å². The summed E-state index contributed by atoms with van der Waals surface area (Å²) in [6.45, 7) is 10.9. The number of nitrogens with one attached hydrogen (secondary N) is 1. The van der Waals surface area contributed by atoms with E-state index >= 15 is 0 Å². The number of nitrogens with zero attached hydrogens (tertiary/aromatic N) is 3. The number of benzene rings is 1. The standard InChI is InChI=1S/C19H30N4O/c1-4-20-19(23-14-12-22(13-15-23)17(3)24)21-11-10-16(2)18-8-6-5-7-9-18/h5-9,16H,4,10-15H2,1-3H3,(H,20,21). The molecular weight excluding hydrogens is 300 g/mol. The molecule has 24 heavy (non-hydrogen) atoms. The van der Waals surface area contributed by atoms with Crippen LogP contribution in [0.3, 0.4) is 0 Å². The fraction of sp³-hybridized carbons (Fsp3) is 0.579. The second-order valence-electron chi connectivity index (χ2n) is 6.33. The van der Waals surface area contributed by atoms with Crippen LogP contribution in [0.5, 0.6) is 0 Å². The molecule has 1 aromatic carbocycles. The topological polar surface area (TPSA) is 47.9 Å². The summed E-state index contributed by atoms with van der Waals surface area (Å²) < 4.78 is 0. The summed E-state index contributed by atoms with van der Waals surface area (Å²) >= 11 is 0. The van der Waals surface area contributed by atoms with Crippen LogP contribution < -0.4 is 5.32 Å². The number of piperazine rings is 1. The third kappa shape index (κ3) is 5.25. The Kier molecular flexibility index (Phi) is 7.09. The molecule has 1 fully saturated rings. The third-order valence-electron chi connectivity index (χ3n) is 4.55. The quantitative estimate of drug-likeness (QED) is 0.666. The van der Waals surface area contributed by atoms with Gasteiger partial charge in [-0.15, -0.1) is 0 Å². The van der Waals surface area contributed by atoms with E-state index in [2.05, 4.69) is 54.4 Å². The van der Waals surface area contributed by atoms with Crippen molar-refractivity contribution in [1.29, 1.82) is 0 Å². The van der Waals surface area contributed by atoms with Gasteiger partial charge in [0.2, 0.25) is 5.91 Å². The van der Waals surface area contributed by atoms with Gasteiger partial charge in [0.25, 0.3) is 0 Å². The summed E-state index contributed by atoms with van der Waals surface area (Å²) in [6.07, 6.45) is 1.03. The van der Waals surface area contributed by atoms with E-state index in [1.54, 1.807) is 6.92 Å². The molecule has 1 aromatic rings. The molecule has 5 nitrogen and oxygen atoms in total. The highest BCUT2D eigenvalue weighted by molar-refractivity contribution is 5.80. The molecule has 1 unspecified atom stereocenters. The van der Waals surface area contributed by atoms with Gasteiger partial charge in [0.05, 0.1) is 0 Å². The van der Waals surface area contributed by atoms with Gasteiger partial charge in [0.15, 0.2) is 5.96 Å². The number of aliphatic imine (C=N–C) groups is 1. The summed E-state index contributed by atoms with van der Waals surface area (Å²) in [4.78, 5) is 20.4. The number of hydrogen-bond donors (Lipinski definition) is 1. The van der Waals surface area contributed by atoms with Crippen LogP contribution >= 0.6 is 0 Å². The number of rotatable bonds is 5. The van der Waals surface area contributed by atoms with E-state index in [0.29, 0.717) is 5.92 Å². The van der Waals surface area contributed by atoms with Crippen LogP contribution in [-0.2, 0) is 4.79 Å². The monoisotopic (exact) mass is 330 g/mol. The van der Waals surface area contributed by atoms with Crippen molar-refractivity contribution >= 4 is 11.9 Å². The summed E-state index contributed by atoms with van der Waals surface area (Å²) in [6, 6.07) is 10.6. The van der Waals surface area contributed by atoms with Gasteiger partial charge in [0, 0.05) is 46.2 Å². The summed E-state index contributed by atoms with van der Waals surface area (Å²) in [5, 5.41) is 3.38. The Morgan fingerprint density at radius 1 is 1.17 bits per heavy atom. The lowest BCUT2D eigenvalue weighted by Crippen LogP contribution is -2.53. The largest absolute Gasteiger partial charge is 0.357 e. The first kappa shape index (κ1) is 18.3. The van der Waals surface area contributed by atoms with Crippen LogP contribution in [0.4, 0.5) is 0 Å². The lowest BCUT2D eigenvalue weighted by molar-refractivity contribution is -0.130. The van der Waals surface area contributed by atoms with Crippen LogP contribution in [0, 0.1) is 0 Å². The van der Waals surface area contributed by atoms with Crippen LogP contribution in [0.15, 0.2) is 35.3 Å². The smallest absolute Gasteiger partial charge is 0.219 e. The van der Waals surface area contributed by atoms with Gasteiger partial charge >= 0.3 is 0 Å². The van der Waals surface area contributed by atoms with Gasteiger partial charge in [-0.3, -0.25) is 9.79 Å². The first-order chi connectivity index (χ1) is 11.6. The van der Waals surface area contributed by atoms with Crippen molar-refractivity contribution in [2.75, 3.05) is 39.3 Å². The van der Waals surface area contributed by atoms with E-state index in [-0.39, 0.29) is 5.91 Å². The fourth-order valence-corrected chi connectivity index (χ4v) is 2.97. The van der Waals surface area contributed by atoms with Gasteiger partial charge in [-0.2, -0.15) is 0 Å². The maximum Gasteiger partial charge on any atom is 0.219 e. The van der Waals surface area contributed by atoms with Crippen LogP contribution in [-0.4, -0.2) is 60.9 Å². The van der Waals surface area contributed by atoms with Crippen molar-refractivity contribution in [3.05, 3.63) is 35.9 Å². The molecule has 0 bridgehead atoms. The molecule has 1 amide bonds. The van der Waals surface area contributed by atoms with Gasteiger partial charge in [-0.05, 0) is 24.8 Å². The van der Waals surface area contributed by atoms with Crippen molar-refractivity contribution in [2.45, 2.75) is 33.1 Å². The number of guanidine groups is 1. The second-order valence-corrected chi connectivity index (χ2v) is 6.33. The van der Waals surface area contributed by atoms with Crippen molar-refractivity contribution in [3.63, 3.8) is 0 Å². The Balaban J connectivity index is 1.88. The number of carbonyl (C=O) groups is 1. The first-order valence-corrected chi connectivity index (χ1v) is 8.95. The SMILES string of the molecule is CCNC(=NCCC(C)c1ccccc1)N1CCN(C(C)=O)CC1. The van der Waals surface area contributed by atoms with E-state index in [0.717, 1.165) is 51.6 Å². The molecule has 1 saturated heterocycles. The Morgan fingerprint density at radius 2 is 1.79 bits per heavy atom. The second kappa shape index (κ2) is 9.30. The van der Waals surface area contributed by atoms with E-state index in [4.69, 9.17) is 4.99 Å². The normalized spacial score (nSPS) is 16.9. The summed E-state index contributed by atoms with van der Waals surface area (Å²) in [5.74, 6) is 1.64. The molecule has 0 saturated carbocycles. The third-order valence-corrected chi connectivity index (χ3v) is 4.55. The molecule has 0 spiro atoms. The van der Waals surface area contributed by atoms with Crippen molar-refractivity contribution < 1.29 is 4.79 Å². The highest BCUT2D eigenvalue weighted by Gasteiger charge is 2.20. The predicted octanol–water partition coefficient (Wildman–Crippen LogP) is 2.31. The lowest BCUT2D eigenvalue weighted by Gasteiger charge is -2.36. The molecular formula is C19H30N4O. The number of hydrogen-bond acceptors (Lipinski definition) is 2. The molecule has 0 aromatic heterocycles. The Hall–Kier alpha value is -2.04. The molecule has 1 aliphatic rings. The molecule has 0 aliphatic carbocycles. The van der Waals surface area contributed by atoms with Gasteiger partial charge in [0.1, 0.15) is 0 Å². The van der Waals surface area contributed by atoms with E-state index in [9.17, 15) is 4.79 Å². The van der Waals surface area contributed by atoms with Crippen molar-refractivity contribution in [2.24, 2.45) is 4.99 Å². The van der Waals surface area contributed by atoms with Crippen LogP contribution in [0.2, 0.25) is 0 Å². The summed E-state index contributed by atoms with van der Waals surface area (Å²) in [7, 11) is 0. The predicted molar refractivity (Wildman–Crippen MR) is 99.3 cm³/mol. The Bertz CT molecular complexity index is 536. The van der Waals surface area contributed by atoms with Gasteiger partial charge < -0.3 is 15.1 Å². The first-order valence-electron chi connectivity index (χ1n) is 8.95. The molecule has 2 rings (SSSR count). The lowest BCUT2D eigenvalue weighted by atomic mass is 9.98. The van der Waals surface area contributed by atoms with Crippen LogP contribution in [0.25, 0.3) is 0 Å². The maximum atomic E-state index is 11.4. The zero-order valence-corrected chi connectivity index (χ0v) is 15.2.